The highest BCUT2D eigenvalue weighted by Crippen LogP contribution is 2.29. The van der Waals surface area contributed by atoms with Gasteiger partial charge in [-0.25, -0.2) is 4.79 Å². The summed E-state index contributed by atoms with van der Waals surface area (Å²) >= 11 is 0. The van der Waals surface area contributed by atoms with Crippen molar-refractivity contribution in [2.45, 2.75) is 25.5 Å². The number of rotatable bonds is 13. The largest absolute Gasteiger partial charge is 0.491 e. The molecule has 0 amide bonds. The van der Waals surface area contributed by atoms with Crippen LogP contribution in [0.4, 0.5) is 0 Å². The number of pyridine rings is 1. The standard InChI is InChI=1S/C30H32N2O6/c1-2-36-30(35)22-10-13-27-28(17-22)31-15-14-29(27)38-26-11-8-21(9-12-26)16-23(19-33)32-18-24(34)20-37-25-6-4-3-5-7-25/h3-15,17,23-24,32-34H,2,16,18-20H2,1H3/t23-,24-/m0/s1. The Balaban J connectivity index is 1.31. The van der Waals surface area contributed by atoms with E-state index in [1.54, 1.807) is 37.4 Å². The van der Waals surface area contributed by atoms with Crippen molar-refractivity contribution in [2.75, 3.05) is 26.4 Å². The van der Waals surface area contributed by atoms with Gasteiger partial charge in [0.25, 0.3) is 0 Å². The first-order valence-corrected chi connectivity index (χ1v) is 12.6. The summed E-state index contributed by atoms with van der Waals surface area (Å²) in [6.07, 6.45) is 1.51. The number of carbonyl (C=O) groups is 1. The molecule has 1 heterocycles. The summed E-state index contributed by atoms with van der Waals surface area (Å²) in [7, 11) is 0. The van der Waals surface area contributed by atoms with Gasteiger partial charge < -0.3 is 29.7 Å². The van der Waals surface area contributed by atoms with Gasteiger partial charge in [0, 0.05) is 24.2 Å². The van der Waals surface area contributed by atoms with Gasteiger partial charge in [-0.15, -0.1) is 0 Å². The van der Waals surface area contributed by atoms with Gasteiger partial charge in [-0.2, -0.15) is 0 Å². The zero-order valence-corrected chi connectivity index (χ0v) is 21.2. The molecule has 4 aromatic rings. The summed E-state index contributed by atoms with van der Waals surface area (Å²) in [5.41, 5.74) is 2.09. The number of aliphatic hydroxyl groups excluding tert-OH is 2. The first kappa shape index (κ1) is 27.1. The monoisotopic (exact) mass is 516 g/mol. The number of nitrogens with zero attached hydrogens (tertiary/aromatic N) is 1. The minimum atomic E-state index is -0.705. The molecule has 1 aromatic heterocycles. The van der Waals surface area contributed by atoms with Gasteiger partial charge in [-0.3, -0.25) is 4.98 Å². The zero-order valence-electron chi connectivity index (χ0n) is 21.2. The molecule has 198 valence electrons. The first-order valence-electron chi connectivity index (χ1n) is 12.6. The predicted octanol–water partition coefficient (Wildman–Crippen LogP) is 4.14. The Morgan fingerprint density at radius 1 is 1.00 bits per heavy atom. The molecule has 38 heavy (non-hydrogen) atoms. The molecular weight excluding hydrogens is 484 g/mol. The maximum absolute atomic E-state index is 12.0. The molecule has 0 unspecified atom stereocenters. The topological polar surface area (TPSA) is 110 Å². The van der Waals surface area contributed by atoms with E-state index in [0.717, 1.165) is 10.9 Å². The lowest BCUT2D eigenvalue weighted by Crippen LogP contribution is -2.41. The second kappa shape index (κ2) is 13.5. The Labute approximate surface area is 221 Å². The van der Waals surface area contributed by atoms with Gasteiger partial charge in [0.2, 0.25) is 0 Å². The van der Waals surface area contributed by atoms with Crippen LogP contribution in [0, 0.1) is 0 Å². The van der Waals surface area contributed by atoms with Crippen molar-refractivity contribution in [1.82, 2.24) is 10.3 Å². The third-order valence-electron chi connectivity index (χ3n) is 5.90. The molecule has 0 fully saturated rings. The van der Waals surface area contributed by atoms with Crippen molar-refractivity contribution >= 4 is 16.9 Å². The van der Waals surface area contributed by atoms with E-state index in [0.29, 0.717) is 47.9 Å². The number of ether oxygens (including phenoxy) is 3. The quantitative estimate of drug-likeness (QED) is 0.228. The number of para-hydroxylation sites is 1. The van der Waals surface area contributed by atoms with Gasteiger partial charge in [-0.05, 0) is 67.4 Å². The van der Waals surface area contributed by atoms with Crippen molar-refractivity contribution in [2.24, 2.45) is 0 Å². The second-order valence-electron chi connectivity index (χ2n) is 8.78. The van der Waals surface area contributed by atoms with Crippen molar-refractivity contribution in [3.05, 3.63) is 96.2 Å². The fourth-order valence-electron chi connectivity index (χ4n) is 3.93. The van der Waals surface area contributed by atoms with Crippen LogP contribution < -0.4 is 14.8 Å². The molecule has 3 N–H and O–H groups in total. The van der Waals surface area contributed by atoms with Crippen molar-refractivity contribution in [3.8, 4) is 17.2 Å². The number of hydrogen-bond donors (Lipinski definition) is 3. The fraction of sp³-hybridized carbons (Fsp3) is 0.267. The number of hydrogen-bond acceptors (Lipinski definition) is 8. The molecule has 0 aliphatic rings. The summed E-state index contributed by atoms with van der Waals surface area (Å²) in [4.78, 5) is 16.4. The van der Waals surface area contributed by atoms with Crippen molar-refractivity contribution in [1.29, 1.82) is 0 Å². The molecule has 0 aliphatic heterocycles. The van der Waals surface area contributed by atoms with E-state index in [4.69, 9.17) is 14.2 Å². The minimum absolute atomic E-state index is 0.0681. The van der Waals surface area contributed by atoms with E-state index in [2.05, 4.69) is 10.3 Å². The van der Waals surface area contributed by atoms with Gasteiger partial charge in [0.05, 0.1) is 24.3 Å². The highest BCUT2D eigenvalue weighted by atomic mass is 16.5. The van der Waals surface area contributed by atoms with Crippen LogP contribution in [-0.2, 0) is 11.2 Å². The Morgan fingerprint density at radius 2 is 1.79 bits per heavy atom. The summed E-state index contributed by atoms with van der Waals surface area (Å²) < 4.78 is 16.7. The smallest absolute Gasteiger partial charge is 0.338 e. The number of esters is 1. The molecule has 0 saturated heterocycles. The molecule has 2 atom stereocenters. The molecule has 0 aliphatic carbocycles. The average molecular weight is 517 g/mol. The molecule has 3 aromatic carbocycles. The highest BCUT2D eigenvalue weighted by Gasteiger charge is 2.13. The molecule has 8 heteroatoms. The summed E-state index contributed by atoms with van der Waals surface area (Å²) in [6, 6.07) is 23.7. The van der Waals surface area contributed by atoms with Gasteiger partial charge in [0.1, 0.15) is 30.0 Å². The molecule has 0 bridgehead atoms. The van der Waals surface area contributed by atoms with Crippen LogP contribution in [0.2, 0.25) is 0 Å². The minimum Gasteiger partial charge on any atom is -0.491 e. The van der Waals surface area contributed by atoms with E-state index in [1.807, 2.05) is 54.6 Å². The maximum atomic E-state index is 12.0. The van der Waals surface area contributed by atoms with Crippen LogP contribution in [-0.4, -0.2) is 59.7 Å². The van der Waals surface area contributed by atoms with E-state index >= 15 is 0 Å². The maximum Gasteiger partial charge on any atom is 0.338 e. The molecular formula is C30H32N2O6. The van der Waals surface area contributed by atoms with Crippen molar-refractivity contribution in [3.63, 3.8) is 0 Å². The highest BCUT2D eigenvalue weighted by molar-refractivity contribution is 5.95. The second-order valence-corrected chi connectivity index (χ2v) is 8.78. The number of aliphatic hydroxyl groups is 2. The number of aromatic nitrogens is 1. The van der Waals surface area contributed by atoms with Crippen LogP contribution in [0.15, 0.2) is 85.1 Å². The van der Waals surface area contributed by atoms with Gasteiger partial charge >= 0.3 is 5.97 Å². The van der Waals surface area contributed by atoms with Crippen molar-refractivity contribution < 1.29 is 29.2 Å². The Bertz CT molecular complexity index is 1310. The van der Waals surface area contributed by atoms with E-state index in [9.17, 15) is 15.0 Å². The van der Waals surface area contributed by atoms with Crippen LogP contribution in [0.25, 0.3) is 10.9 Å². The predicted molar refractivity (Wildman–Crippen MR) is 145 cm³/mol. The molecule has 8 nitrogen and oxygen atoms in total. The number of carbonyl (C=O) groups excluding carboxylic acids is 1. The lowest BCUT2D eigenvalue weighted by molar-refractivity contribution is 0.0526. The normalized spacial score (nSPS) is 12.6. The lowest BCUT2D eigenvalue weighted by Gasteiger charge is -2.19. The third-order valence-corrected chi connectivity index (χ3v) is 5.90. The molecule has 0 radical (unpaired) electrons. The first-order chi connectivity index (χ1) is 18.6. The Hall–Kier alpha value is -3.98. The molecule has 0 saturated carbocycles. The summed E-state index contributed by atoms with van der Waals surface area (Å²) in [6.45, 7) is 2.47. The van der Waals surface area contributed by atoms with Gasteiger partial charge in [0.15, 0.2) is 0 Å². The molecule has 0 spiro atoms. The fourth-order valence-corrected chi connectivity index (χ4v) is 3.93. The summed E-state index contributed by atoms with van der Waals surface area (Å²) in [5, 5.41) is 24.0. The molecule has 4 rings (SSSR count). The Kier molecular flexibility index (Phi) is 9.64. The Morgan fingerprint density at radius 3 is 2.53 bits per heavy atom. The van der Waals surface area contributed by atoms with Gasteiger partial charge in [-0.1, -0.05) is 30.3 Å². The van der Waals surface area contributed by atoms with Crippen LogP contribution in [0.5, 0.6) is 17.2 Å². The lowest BCUT2D eigenvalue weighted by atomic mass is 10.1. The van der Waals surface area contributed by atoms with E-state index in [1.165, 1.54) is 0 Å². The third kappa shape index (κ3) is 7.52. The SMILES string of the molecule is CCOC(=O)c1ccc2c(Oc3ccc(C[C@@H](CO)NC[C@H](O)COc4ccccc4)cc3)ccnc2c1. The number of fused-ring (bicyclic) bond motifs is 1. The van der Waals surface area contributed by atoms with E-state index < -0.39 is 6.10 Å². The summed E-state index contributed by atoms with van der Waals surface area (Å²) in [5.74, 6) is 1.59. The zero-order chi connectivity index (χ0) is 26.7. The average Bonchev–Trinajstić information content (AvgIpc) is 2.95. The van der Waals surface area contributed by atoms with Crippen LogP contribution >= 0.6 is 0 Å². The van der Waals surface area contributed by atoms with Crippen LogP contribution in [0.3, 0.4) is 0 Å². The number of nitrogens with one attached hydrogen (secondary N) is 1. The number of benzene rings is 3. The van der Waals surface area contributed by atoms with E-state index in [-0.39, 0.29) is 25.2 Å². The van der Waals surface area contributed by atoms with Crippen LogP contribution in [0.1, 0.15) is 22.8 Å².